The van der Waals surface area contributed by atoms with Gasteiger partial charge >= 0.3 is 0 Å². The Morgan fingerprint density at radius 1 is 1.57 bits per heavy atom. The van der Waals surface area contributed by atoms with Crippen molar-refractivity contribution >= 4 is 11.6 Å². The van der Waals surface area contributed by atoms with E-state index in [2.05, 4.69) is 15.3 Å². The van der Waals surface area contributed by atoms with Gasteiger partial charge in [0.1, 0.15) is 17.6 Å². The zero-order chi connectivity index (χ0) is 10.6. The van der Waals surface area contributed by atoms with E-state index >= 15 is 0 Å². The second-order valence-corrected chi connectivity index (χ2v) is 3.20. The van der Waals surface area contributed by atoms with E-state index in [0.717, 1.165) is 0 Å². The summed E-state index contributed by atoms with van der Waals surface area (Å²) in [6.45, 7) is 0.270. The number of aliphatic hydroxyl groups excluding tert-OH is 2. The molecule has 78 valence electrons. The first kappa shape index (κ1) is 11.3. The van der Waals surface area contributed by atoms with Crippen molar-refractivity contribution in [3.05, 3.63) is 23.2 Å². The maximum Gasteiger partial charge on any atom is 0.138 e. The summed E-state index contributed by atoms with van der Waals surface area (Å²) >= 11 is 5.72. The Morgan fingerprint density at radius 2 is 2.29 bits per heavy atom. The molecule has 0 saturated carbocycles. The van der Waals surface area contributed by atoms with Crippen LogP contribution in [0.15, 0.2) is 12.5 Å². The highest BCUT2D eigenvalue weighted by molar-refractivity contribution is 6.30. The summed E-state index contributed by atoms with van der Waals surface area (Å²) in [6.07, 6.45) is 0.668. The molecule has 14 heavy (non-hydrogen) atoms. The molecule has 2 atom stereocenters. The molecule has 0 aliphatic carbocycles. The SMILES string of the molecule is CNCC(O)C(O)c1cncnc1Cl. The van der Waals surface area contributed by atoms with Crippen LogP contribution in [0.1, 0.15) is 11.7 Å². The van der Waals surface area contributed by atoms with Gasteiger partial charge in [0.15, 0.2) is 0 Å². The highest BCUT2D eigenvalue weighted by Gasteiger charge is 2.20. The molecule has 0 aliphatic rings. The van der Waals surface area contributed by atoms with Crippen LogP contribution < -0.4 is 5.32 Å². The summed E-state index contributed by atoms with van der Waals surface area (Å²) in [5.74, 6) is 0. The summed E-state index contributed by atoms with van der Waals surface area (Å²) in [6, 6.07) is 0. The lowest BCUT2D eigenvalue weighted by Crippen LogP contribution is -2.29. The number of nitrogens with zero attached hydrogens (tertiary/aromatic N) is 2. The fourth-order valence-corrected chi connectivity index (χ4v) is 1.26. The Labute approximate surface area is 86.8 Å². The Kier molecular flexibility index (Phi) is 4.21. The van der Waals surface area contributed by atoms with Crippen molar-refractivity contribution < 1.29 is 10.2 Å². The van der Waals surface area contributed by atoms with Gasteiger partial charge in [0.05, 0.1) is 6.10 Å². The van der Waals surface area contributed by atoms with Gasteiger partial charge in [0.25, 0.3) is 0 Å². The minimum Gasteiger partial charge on any atom is -0.389 e. The van der Waals surface area contributed by atoms with Crippen molar-refractivity contribution in [2.75, 3.05) is 13.6 Å². The highest BCUT2D eigenvalue weighted by Crippen LogP contribution is 2.21. The quantitative estimate of drug-likeness (QED) is 0.606. The molecule has 1 aromatic rings. The lowest BCUT2D eigenvalue weighted by Gasteiger charge is -2.17. The van der Waals surface area contributed by atoms with E-state index in [1.54, 1.807) is 7.05 Å². The van der Waals surface area contributed by atoms with Crippen molar-refractivity contribution in [3.8, 4) is 0 Å². The predicted molar refractivity (Wildman–Crippen MR) is 51.9 cm³/mol. The van der Waals surface area contributed by atoms with E-state index in [-0.39, 0.29) is 11.7 Å². The number of rotatable bonds is 4. The molecule has 1 rings (SSSR count). The largest absolute Gasteiger partial charge is 0.389 e. The molecule has 6 heteroatoms. The number of aromatic nitrogens is 2. The standard InChI is InChI=1S/C8H12ClN3O2/c1-10-3-6(13)7(14)5-2-11-4-12-8(5)9/h2,4,6-7,10,13-14H,3H2,1H3. The average molecular weight is 218 g/mol. The van der Waals surface area contributed by atoms with E-state index in [0.29, 0.717) is 5.56 Å². The molecular weight excluding hydrogens is 206 g/mol. The van der Waals surface area contributed by atoms with Crippen LogP contribution >= 0.6 is 11.6 Å². The third kappa shape index (κ3) is 2.62. The van der Waals surface area contributed by atoms with Crippen LogP contribution in [0.5, 0.6) is 0 Å². The van der Waals surface area contributed by atoms with Gasteiger partial charge in [-0.1, -0.05) is 11.6 Å². The second-order valence-electron chi connectivity index (χ2n) is 2.84. The number of hydrogen-bond acceptors (Lipinski definition) is 5. The van der Waals surface area contributed by atoms with E-state index in [9.17, 15) is 10.2 Å². The topological polar surface area (TPSA) is 78.3 Å². The van der Waals surface area contributed by atoms with Gasteiger partial charge < -0.3 is 15.5 Å². The van der Waals surface area contributed by atoms with E-state index in [1.165, 1.54) is 12.5 Å². The van der Waals surface area contributed by atoms with E-state index in [4.69, 9.17) is 11.6 Å². The molecule has 3 N–H and O–H groups in total. The predicted octanol–water partition coefficient (Wildman–Crippen LogP) is -0.256. The fraction of sp³-hybridized carbons (Fsp3) is 0.500. The van der Waals surface area contributed by atoms with E-state index in [1.807, 2.05) is 0 Å². The second kappa shape index (κ2) is 5.21. The first-order chi connectivity index (χ1) is 6.66. The molecule has 0 bridgehead atoms. The highest BCUT2D eigenvalue weighted by atomic mass is 35.5. The van der Waals surface area contributed by atoms with Crippen LogP contribution in [0.25, 0.3) is 0 Å². The van der Waals surface area contributed by atoms with Gasteiger partial charge in [-0.15, -0.1) is 0 Å². The van der Waals surface area contributed by atoms with Crippen LogP contribution in [0.4, 0.5) is 0 Å². The maximum absolute atomic E-state index is 9.65. The maximum atomic E-state index is 9.65. The van der Waals surface area contributed by atoms with Crippen LogP contribution in [0, 0.1) is 0 Å². The molecule has 5 nitrogen and oxygen atoms in total. The van der Waals surface area contributed by atoms with Crippen molar-refractivity contribution in [2.45, 2.75) is 12.2 Å². The van der Waals surface area contributed by atoms with Crippen molar-refractivity contribution in [1.29, 1.82) is 0 Å². The number of aliphatic hydroxyl groups is 2. The molecule has 0 aromatic carbocycles. The molecule has 0 aliphatic heterocycles. The van der Waals surface area contributed by atoms with Crippen LogP contribution in [0.3, 0.4) is 0 Å². The molecule has 0 spiro atoms. The zero-order valence-corrected chi connectivity index (χ0v) is 8.44. The molecule has 0 radical (unpaired) electrons. The third-order valence-electron chi connectivity index (χ3n) is 1.79. The Morgan fingerprint density at radius 3 is 2.86 bits per heavy atom. The summed E-state index contributed by atoms with van der Waals surface area (Å²) in [4.78, 5) is 7.43. The van der Waals surface area contributed by atoms with Gasteiger partial charge in [0.2, 0.25) is 0 Å². The van der Waals surface area contributed by atoms with Crippen molar-refractivity contribution in [3.63, 3.8) is 0 Å². The van der Waals surface area contributed by atoms with Gasteiger partial charge in [-0.3, -0.25) is 0 Å². The smallest absolute Gasteiger partial charge is 0.138 e. The number of halogens is 1. The van der Waals surface area contributed by atoms with Gasteiger partial charge in [-0.25, -0.2) is 9.97 Å². The van der Waals surface area contributed by atoms with Gasteiger partial charge in [0, 0.05) is 18.3 Å². The minimum absolute atomic E-state index is 0.155. The van der Waals surface area contributed by atoms with Crippen LogP contribution in [-0.4, -0.2) is 39.9 Å². The molecule has 2 unspecified atom stereocenters. The molecular formula is C8H12ClN3O2. The Hall–Kier alpha value is -0.750. The molecule has 0 amide bonds. The molecule has 1 heterocycles. The lowest BCUT2D eigenvalue weighted by atomic mass is 10.1. The molecule has 0 saturated heterocycles. The van der Waals surface area contributed by atoms with Gasteiger partial charge in [-0.05, 0) is 7.05 Å². The number of nitrogens with one attached hydrogen (secondary N) is 1. The Bertz CT molecular complexity index is 298. The third-order valence-corrected chi connectivity index (χ3v) is 2.10. The van der Waals surface area contributed by atoms with Crippen LogP contribution in [-0.2, 0) is 0 Å². The summed E-state index contributed by atoms with van der Waals surface area (Å²) in [7, 11) is 1.68. The summed E-state index contributed by atoms with van der Waals surface area (Å²) in [5, 5.41) is 22.0. The van der Waals surface area contributed by atoms with E-state index < -0.39 is 12.2 Å². The fourth-order valence-electron chi connectivity index (χ4n) is 1.05. The van der Waals surface area contributed by atoms with Crippen molar-refractivity contribution in [1.82, 2.24) is 15.3 Å². The molecule has 1 aromatic heterocycles. The summed E-state index contributed by atoms with van der Waals surface area (Å²) in [5.41, 5.74) is 0.330. The zero-order valence-electron chi connectivity index (χ0n) is 7.68. The number of hydrogen-bond donors (Lipinski definition) is 3. The molecule has 0 fully saturated rings. The monoisotopic (exact) mass is 217 g/mol. The Balaban J connectivity index is 2.78. The summed E-state index contributed by atoms with van der Waals surface area (Å²) < 4.78 is 0. The van der Waals surface area contributed by atoms with Crippen molar-refractivity contribution in [2.24, 2.45) is 0 Å². The lowest BCUT2D eigenvalue weighted by molar-refractivity contribution is 0.0199. The normalized spacial score (nSPS) is 15.1. The minimum atomic E-state index is -1.07. The average Bonchev–Trinajstić information content (AvgIpc) is 2.18. The van der Waals surface area contributed by atoms with Gasteiger partial charge in [-0.2, -0.15) is 0 Å². The first-order valence-electron chi connectivity index (χ1n) is 4.13. The first-order valence-corrected chi connectivity index (χ1v) is 4.50. The van der Waals surface area contributed by atoms with Crippen LogP contribution in [0.2, 0.25) is 5.15 Å². The number of likely N-dealkylation sites (N-methyl/N-ethyl adjacent to an activating group) is 1.